The average molecular weight is 190 g/mol. The fraction of sp³-hybridized carbons (Fsp3) is 0.273. The van der Waals surface area contributed by atoms with Gasteiger partial charge in [0.25, 0.3) is 0 Å². The highest BCUT2D eigenvalue weighted by atomic mass is 16.5. The van der Waals surface area contributed by atoms with Crippen LogP contribution in [0, 0.1) is 6.92 Å². The number of nitrogens with zero attached hydrogens (tertiary/aromatic N) is 1. The Morgan fingerprint density at radius 2 is 2.21 bits per heavy atom. The quantitative estimate of drug-likeness (QED) is 0.708. The molecule has 74 valence electrons. The third-order valence-electron chi connectivity index (χ3n) is 2.44. The molecule has 0 atom stereocenters. The molecule has 2 rings (SSSR count). The van der Waals surface area contributed by atoms with Crippen LogP contribution in [0.5, 0.6) is 0 Å². The second-order valence-corrected chi connectivity index (χ2v) is 3.56. The maximum absolute atomic E-state index is 9.59. The summed E-state index contributed by atoms with van der Waals surface area (Å²) in [4.78, 5) is 0. The van der Waals surface area contributed by atoms with Gasteiger partial charge in [-0.3, -0.25) is 0 Å². The zero-order valence-corrected chi connectivity index (χ0v) is 8.20. The molecule has 3 heteroatoms. The van der Waals surface area contributed by atoms with E-state index in [1.807, 2.05) is 19.1 Å². The van der Waals surface area contributed by atoms with Gasteiger partial charge in [-0.15, -0.1) is 0 Å². The first-order valence-electron chi connectivity index (χ1n) is 4.72. The van der Waals surface area contributed by atoms with E-state index in [-0.39, 0.29) is 0 Å². The molecule has 0 aliphatic carbocycles. The van der Waals surface area contributed by atoms with Gasteiger partial charge in [0.05, 0.1) is 5.52 Å². The number of benzene rings is 1. The van der Waals surface area contributed by atoms with Crippen LogP contribution in [0.3, 0.4) is 0 Å². The largest absolute Gasteiger partial charge is 0.428 e. The minimum absolute atomic E-state index is 0.604. The Hall–Kier alpha value is -1.48. The molecule has 0 saturated carbocycles. The highest BCUT2D eigenvalue weighted by Crippen LogP contribution is 2.21. The number of nitrogens with two attached hydrogens (primary N) is 1. The van der Waals surface area contributed by atoms with E-state index in [0.29, 0.717) is 6.54 Å². The molecule has 0 bridgehead atoms. The summed E-state index contributed by atoms with van der Waals surface area (Å²) in [5.41, 5.74) is 8.66. The second kappa shape index (κ2) is 3.35. The van der Waals surface area contributed by atoms with Crippen molar-refractivity contribution in [2.24, 2.45) is 5.73 Å². The van der Waals surface area contributed by atoms with Crippen LogP contribution in [0.1, 0.15) is 11.1 Å². The van der Waals surface area contributed by atoms with E-state index in [9.17, 15) is 5.21 Å². The zero-order chi connectivity index (χ0) is 10.1. The van der Waals surface area contributed by atoms with Crippen LogP contribution in [0.2, 0.25) is 0 Å². The van der Waals surface area contributed by atoms with Crippen LogP contribution in [-0.2, 0) is 6.42 Å². The third kappa shape index (κ3) is 1.36. The molecule has 0 unspecified atom stereocenters. The van der Waals surface area contributed by atoms with Gasteiger partial charge in [0.1, 0.15) is 0 Å². The van der Waals surface area contributed by atoms with Crippen molar-refractivity contribution >= 4 is 10.9 Å². The van der Waals surface area contributed by atoms with E-state index >= 15 is 0 Å². The van der Waals surface area contributed by atoms with E-state index in [0.717, 1.165) is 22.9 Å². The normalized spacial score (nSPS) is 11.0. The molecular formula is C11H14N2O. The molecule has 3 N–H and O–H groups in total. The van der Waals surface area contributed by atoms with E-state index in [1.165, 1.54) is 10.3 Å². The summed E-state index contributed by atoms with van der Waals surface area (Å²) >= 11 is 0. The van der Waals surface area contributed by atoms with Crippen LogP contribution < -0.4 is 5.73 Å². The van der Waals surface area contributed by atoms with Crippen molar-refractivity contribution in [3.8, 4) is 0 Å². The first kappa shape index (κ1) is 9.09. The molecule has 0 saturated heterocycles. The van der Waals surface area contributed by atoms with Crippen molar-refractivity contribution in [3.05, 3.63) is 35.5 Å². The smallest absolute Gasteiger partial charge is 0.0868 e. The van der Waals surface area contributed by atoms with Crippen molar-refractivity contribution < 1.29 is 5.21 Å². The van der Waals surface area contributed by atoms with Gasteiger partial charge in [-0.25, -0.2) is 0 Å². The maximum atomic E-state index is 9.59. The minimum atomic E-state index is 0.604. The Balaban J connectivity index is 2.66. The molecule has 0 fully saturated rings. The molecule has 0 radical (unpaired) electrons. The number of aryl methyl sites for hydroxylation is 1. The fourth-order valence-electron chi connectivity index (χ4n) is 1.75. The third-order valence-corrected chi connectivity index (χ3v) is 2.44. The van der Waals surface area contributed by atoms with Gasteiger partial charge in [-0.2, -0.15) is 4.73 Å². The lowest BCUT2D eigenvalue weighted by Gasteiger charge is -1.97. The van der Waals surface area contributed by atoms with Crippen LogP contribution in [0.4, 0.5) is 0 Å². The Morgan fingerprint density at radius 1 is 1.43 bits per heavy atom. The van der Waals surface area contributed by atoms with Gasteiger partial charge < -0.3 is 10.9 Å². The van der Waals surface area contributed by atoms with Crippen LogP contribution >= 0.6 is 0 Å². The number of hydrogen-bond acceptors (Lipinski definition) is 2. The summed E-state index contributed by atoms with van der Waals surface area (Å²) in [6.45, 7) is 2.65. The summed E-state index contributed by atoms with van der Waals surface area (Å²) in [6.07, 6.45) is 2.53. The van der Waals surface area contributed by atoms with E-state index in [4.69, 9.17) is 5.73 Å². The summed E-state index contributed by atoms with van der Waals surface area (Å²) in [5, 5.41) is 10.7. The van der Waals surface area contributed by atoms with Gasteiger partial charge in [-0.1, -0.05) is 11.6 Å². The molecule has 0 aliphatic rings. The Kier molecular flexibility index (Phi) is 2.17. The Morgan fingerprint density at radius 3 is 2.93 bits per heavy atom. The van der Waals surface area contributed by atoms with Crippen LogP contribution in [0.15, 0.2) is 24.4 Å². The fourth-order valence-corrected chi connectivity index (χ4v) is 1.75. The molecular weight excluding hydrogens is 176 g/mol. The molecule has 2 aromatic rings. The highest BCUT2D eigenvalue weighted by Gasteiger charge is 2.06. The molecule has 1 aromatic carbocycles. The predicted octanol–water partition coefficient (Wildman–Crippen LogP) is 1.69. The van der Waals surface area contributed by atoms with Crippen molar-refractivity contribution in [1.82, 2.24) is 4.73 Å². The average Bonchev–Trinajstić information content (AvgIpc) is 2.44. The highest BCUT2D eigenvalue weighted by molar-refractivity contribution is 5.84. The monoisotopic (exact) mass is 190 g/mol. The van der Waals surface area contributed by atoms with Gasteiger partial charge >= 0.3 is 0 Å². The minimum Gasteiger partial charge on any atom is -0.428 e. The lowest BCUT2D eigenvalue weighted by atomic mass is 10.1. The van der Waals surface area contributed by atoms with E-state index < -0.39 is 0 Å². The summed E-state index contributed by atoms with van der Waals surface area (Å²) < 4.78 is 1.17. The summed E-state index contributed by atoms with van der Waals surface area (Å²) in [6, 6.07) is 5.99. The maximum Gasteiger partial charge on any atom is 0.0868 e. The molecule has 1 aromatic heterocycles. The number of fused-ring (bicyclic) bond motifs is 1. The van der Waals surface area contributed by atoms with E-state index in [1.54, 1.807) is 6.20 Å². The van der Waals surface area contributed by atoms with Crippen molar-refractivity contribution in [2.45, 2.75) is 13.3 Å². The number of hydrogen-bond donors (Lipinski definition) is 2. The molecule has 3 nitrogen and oxygen atoms in total. The summed E-state index contributed by atoms with van der Waals surface area (Å²) in [7, 11) is 0. The van der Waals surface area contributed by atoms with Gasteiger partial charge in [-0.05, 0) is 37.6 Å². The van der Waals surface area contributed by atoms with Gasteiger partial charge in [0.2, 0.25) is 0 Å². The van der Waals surface area contributed by atoms with Crippen molar-refractivity contribution in [3.63, 3.8) is 0 Å². The molecule has 0 aliphatic heterocycles. The number of rotatable bonds is 2. The lowest BCUT2D eigenvalue weighted by Crippen LogP contribution is -2.01. The molecule has 0 spiro atoms. The molecule has 0 amide bonds. The van der Waals surface area contributed by atoms with E-state index in [2.05, 4.69) is 6.07 Å². The first-order valence-corrected chi connectivity index (χ1v) is 4.72. The standard InChI is InChI=1S/C11H14N2O/c1-8-2-3-11-10(6-8)9(4-5-12)7-13(11)14/h2-3,6-7,14H,4-5,12H2,1H3. The predicted molar refractivity (Wildman–Crippen MR) is 56.6 cm³/mol. The SMILES string of the molecule is Cc1ccc2c(c1)c(CCN)cn2O. The van der Waals surface area contributed by atoms with Crippen LogP contribution in [-0.4, -0.2) is 16.5 Å². The number of aromatic nitrogens is 1. The topological polar surface area (TPSA) is 51.2 Å². The van der Waals surface area contributed by atoms with Crippen LogP contribution in [0.25, 0.3) is 10.9 Å². The van der Waals surface area contributed by atoms with Gasteiger partial charge in [0.15, 0.2) is 0 Å². The Bertz CT molecular complexity index is 460. The summed E-state index contributed by atoms with van der Waals surface area (Å²) in [5.74, 6) is 0. The van der Waals surface area contributed by atoms with Crippen molar-refractivity contribution in [2.75, 3.05) is 6.54 Å². The Labute approximate surface area is 82.7 Å². The molecule has 1 heterocycles. The molecule has 14 heavy (non-hydrogen) atoms. The lowest BCUT2D eigenvalue weighted by molar-refractivity contribution is 0.199. The zero-order valence-electron chi connectivity index (χ0n) is 8.20. The first-order chi connectivity index (χ1) is 6.72. The van der Waals surface area contributed by atoms with Gasteiger partial charge in [0, 0.05) is 11.6 Å². The van der Waals surface area contributed by atoms with Crippen molar-refractivity contribution in [1.29, 1.82) is 0 Å². The second-order valence-electron chi connectivity index (χ2n) is 3.56.